The maximum absolute atomic E-state index is 11.4. The van der Waals surface area contributed by atoms with Gasteiger partial charge in [-0.15, -0.1) is 0 Å². The van der Waals surface area contributed by atoms with E-state index in [9.17, 15) is 9.59 Å². The van der Waals surface area contributed by atoms with E-state index >= 15 is 0 Å². The summed E-state index contributed by atoms with van der Waals surface area (Å²) in [4.78, 5) is 24.0. The van der Waals surface area contributed by atoms with Gasteiger partial charge in [-0.1, -0.05) is 20.4 Å². The van der Waals surface area contributed by atoms with Gasteiger partial charge in [-0.3, -0.25) is 4.79 Å². The van der Waals surface area contributed by atoms with Crippen molar-refractivity contribution in [3.8, 4) is 0 Å². The van der Waals surface area contributed by atoms with Crippen LogP contribution in [0.5, 0.6) is 0 Å². The molecule has 0 rings (SSSR count). The van der Waals surface area contributed by atoms with Crippen LogP contribution in [0, 0.1) is 5.92 Å². The SMILES string of the molecule is C=CC(=O)N(C)C(C(=O)OC)C(C)C. The first-order valence-corrected chi connectivity index (χ1v) is 4.42. The Kier molecular flexibility index (Phi) is 4.91. The third-order valence-electron chi connectivity index (χ3n) is 2.01. The minimum atomic E-state index is -0.550. The van der Waals surface area contributed by atoms with E-state index in [4.69, 9.17) is 0 Å². The van der Waals surface area contributed by atoms with Gasteiger partial charge in [-0.2, -0.15) is 0 Å². The number of rotatable bonds is 4. The molecule has 0 aromatic heterocycles. The number of nitrogens with zero attached hydrogens (tertiary/aromatic N) is 1. The standard InChI is InChI=1S/C10H17NO3/c1-6-8(12)11(4)9(7(2)3)10(13)14-5/h6-7,9H,1H2,2-5H3. The fourth-order valence-electron chi connectivity index (χ4n) is 1.28. The highest BCUT2D eigenvalue weighted by Crippen LogP contribution is 2.11. The molecule has 0 N–H and O–H groups in total. The van der Waals surface area contributed by atoms with E-state index < -0.39 is 12.0 Å². The zero-order valence-corrected chi connectivity index (χ0v) is 9.11. The molecule has 0 aliphatic heterocycles. The Balaban J connectivity index is 4.73. The number of amides is 1. The summed E-state index contributed by atoms with van der Waals surface area (Å²) < 4.78 is 4.62. The molecule has 4 nitrogen and oxygen atoms in total. The van der Waals surface area contributed by atoms with E-state index in [-0.39, 0.29) is 11.8 Å². The van der Waals surface area contributed by atoms with Crippen LogP contribution in [-0.4, -0.2) is 37.0 Å². The van der Waals surface area contributed by atoms with Crippen LogP contribution in [0.25, 0.3) is 0 Å². The van der Waals surface area contributed by atoms with E-state index in [1.807, 2.05) is 13.8 Å². The second-order valence-electron chi connectivity index (χ2n) is 3.37. The molecular weight excluding hydrogens is 182 g/mol. The summed E-state index contributed by atoms with van der Waals surface area (Å²) in [5.41, 5.74) is 0. The van der Waals surface area contributed by atoms with Gasteiger partial charge in [-0.05, 0) is 12.0 Å². The van der Waals surface area contributed by atoms with Crippen molar-refractivity contribution in [2.45, 2.75) is 19.9 Å². The molecule has 0 aromatic carbocycles. The molecule has 0 spiro atoms. The van der Waals surface area contributed by atoms with Crippen molar-refractivity contribution < 1.29 is 14.3 Å². The van der Waals surface area contributed by atoms with E-state index in [1.54, 1.807) is 7.05 Å². The maximum Gasteiger partial charge on any atom is 0.328 e. The highest BCUT2D eigenvalue weighted by atomic mass is 16.5. The lowest BCUT2D eigenvalue weighted by Crippen LogP contribution is -2.45. The highest BCUT2D eigenvalue weighted by Gasteiger charge is 2.29. The molecule has 0 fully saturated rings. The lowest BCUT2D eigenvalue weighted by atomic mass is 10.0. The van der Waals surface area contributed by atoms with Crippen molar-refractivity contribution in [2.75, 3.05) is 14.2 Å². The van der Waals surface area contributed by atoms with Gasteiger partial charge in [0, 0.05) is 7.05 Å². The van der Waals surface area contributed by atoms with E-state index in [0.29, 0.717) is 0 Å². The summed E-state index contributed by atoms with van der Waals surface area (Å²) in [6, 6.07) is -0.550. The van der Waals surface area contributed by atoms with Crippen LogP contribution in [-0.2, 0) is 14.3 Å². The van der Waals surface area contributed by atoms with Crippen molar-refractivity contribution in [1.82, 2.24) is 4.90 Å². The molecule has 1 unspecified atom stereocenters. The molecule has 1 amide bonds. The average Bonchev–Trinajstić information content (AvgIpc) is 2.15. The fraction of sp³-hybridized carbons (Fsp3) is 0.600. The monoisotopic (exact) mass is 199 g/mol. The van der Waals surface area contributed by atoms with Crippen molar-refractivity contribution in [2.24, 2.45) is 5.92 Å². The highest BCUT2D eigenvalue weighted by molar-refractivity contribution is 5.91. The van der Waals surface area contributed by atoms with Gasteiger partial charge in [0.15, 0.2) is 0 Å². The van der Waals surface area contributed by atoms with Crippen molar-refractivity contribution in [3.05, 3.63) is 12.7 Å². The molecule has 0 saturated heterocycles. The van der Waals surface area contributed by atoms with Crippen LogP contribution < -0.4 is 0 Å². The lowest BCUT2D eigenvalue weighted by molar-refractivity contribution is -0.152. The first kappa shape index (κ1) is 12.7. The third kappa shape index (κ3) is 2.87. The molecule has 0 aromatic rings. The summed E-state index contributed by atoms with van der Waals surface area (Å²) in [7, 11) is 2.87. The average molecular weight is 199 g/mol. The fourth-order valence-corrected chi connectivity index (χ4v) is 1.28. The quantitative estimate of drug-likeness (QED) is 0.497. The maximum atomic E-state index is 11.4. The van der Waals surface area contributed by atoms with E-state index in [2.05, 4.69) is 11.3 Å². The molecule has 0 aliphatic carbocycles. The molecule has 0 bridgehead atoms. The molecule has 0 heterocycles. The second-order valence-corrected chi connectivity index (χ2v) is 3.37. The molecular formula is C10H17NO3. The van der Waals surface area contributed by atoms with Crippen LogP contribution in [0.4, 0.5) is 0 Å². The number of carbonyl (C=O) groups excluding carboxylic acids is 2. The Hall–Kier alpha value is -1.32. The minimum Gasteiger partial charge on any atom is -0.467 e. The Morgan fingerprint density at radius 2 is 1.93 bits per heavy atom. The molecule has 80 valence electrons. The van der Waals surface area contributed by atoms with Gasteiger partial charge < -0.3 is 9.64 Å². The first-order chi connectivity index (χ1) is 6.45. The molecule has 0 aliphatic rings. The van der Waals surface area contributed by atoms with Crippen LogP contribution in [0.3, 0.4) is 0 Å². The molecule has 4 heteroatoms. The predicted molar refractivity (Wildman–Crippen MR) is 53.6 cm³/mol. The van der Waals surface area contributed by atoms with Gasteiger partial charge in [0.05, 0.1) is 7.11 Å². The van der Waals surface area contributed by atoms with Crippen molar-refractivity contribution >= 4 is 11.9 Å². The minimum absolute atomic E-state index is 0.0105. The predicted octanol–water partition coefficient (Wildman–Crippen LogP) is 0.828. The van der Waals surface area contributed by atoms with Crippen LogP contribution in [0.15, 0.2) is 12.7 Å². The Morgan fingerprint density at radius 1 is 1.43 bits per heavy atom. The zero-order chi connectivity index (χ0) is 11.3. The Bertz CT molecular complexity index is 236. The molecule has 14 heavy (non-hydrogen) atoms. The van der Waals surface area contributed by atoms with Gasteiger partial charge in [0.25, 0.3) is 0 Å². The number of esters is 1. The molecule has 0 saturated carbocycles. The summed E-state index contributed by atoms with van der Waals surface area (Å²) in [6.45, 7) is 7.08. The van der Waals surface area contributed by atoms with E-state index in [0.717, 1.165) is 0 Å². The van der Waals surface area contributed by atoms with Crippen LogP contribution in [0.2, 0.25) is 0 Å². The zero-order valence-electron chi connectivity index (χ0n) is 9.11. The van der Waals surface area contributed by atoms with Gasteiger partial charge >= 0.3 is 5.97 Å². The number of methoxy groups -OCH3 is 1. The first-order valence-electron chi connectivity index (χ1n) is 4.42. The lowest BCUT2D eigenvalue weighted by Gasteiger charge is -2.27. The summed E-state index contributed by atoms with van der Waals surface area (Å²) in [5.74, 6) is -0.678. The van der Waals surface area contributed by atoms with Crippen LogP contribution >= 0.6 is 0 Å². The smallest absolute Gasteiger partial charge is 0.328 e. The number of likely N-dealkylation sites (N-methyl/N-ethyl adjacent to an activating group) is 1. The molecule has 0 radical (unpaired) electrons. The second kappa shape index (κ2) is 5.42. The molecule has 1 atom stereocenters. The van der Waals surface area contributed by atoms with Gasteiger partial charge in [0.1, 0.15) is 6.04 Å². The van der Waals surface area contributed by atoms with Gasteiger partial charge in [-0.25, -0.2) is 4.79 Å². The van der Waals surface area contributed by atoms with E-state index in [1.165, 1.54) is 18.1 Å². The number of hydrogen-bond donors (Lipinski definition) is 0. The Morgan fingerprint density at radius 3 is 2.21 bits per heavy atom. The van der Waals surface area contributed by atoms with Crippen molar-refractivity contribution in [3.63, 3.8) is 0 Å². The number of carbonyl (C=O) groups is 2. The largest absolute Gasteiger partial charge is 0.467 e. The summed E-state index contributed by atoms with van der Waals surface area (Å²) in [6.07, 6.45) is 1.18. The third-order valence-corrected chi connectivity index (χ3v) is 2.01. The summed E-state index contributed by atoms with van der Waals surface area (Å²) >= 11 is 0. The Labute approximate surface area is 84.5 Å². The summed E-state index contributed by atoms with van der Waals surface area (Å²) in [5, 5.41) is 0. The van der Waals surface area contributed by atoms with Gasteiger partial charge in [0.2, 0.25) is 5.91 Å². The van der Waals surface area contributed by atoms with Crippen molar-refractivity contribution in [1.29, 1.82) is 0 Å². The topological polar surface area (TPSA) is 46.6 Å². The number of ether oxygens (including phenoxy) is 1. The van der Waals surface area contributed by atoms with Crippen LogP contribution in [0.1, 0.15) is 13.8 Å². The normalized spacial score (nSPS) is 12.1. The number of hydrogen-bond acceptors (Lipinski definition) is 3.